The molecule has 1 aliphatic rings. The molecule has 82 valence electrons. The monoisotopic (exact) mass is 202 g/mol. The first-order chi connectivity index (χ1) is 6.46. The molecule has 1 rings (SSSR count). The summed E-state index contributed by atoms with van der Waals surface area (Å²) < 4.78 is 0. The van der Waals surface area contributed by atoms with Crippen molar-refractivity contribution in [3.05, 3.63) is 0 Å². The van der Waals surface area contributed by atoms with Gasteiger partial charge in [0.2, 0.25) is 5.91 Å². The molecule has 4 N–H and O–H groups in total. The topological polar surface area (TPSA) is 86.8 Å². The van der Waals surface area contributed by atoms with Crippen molar-refractivity contribution in [3.8, 4) is 0 Å². The molecule has 0 saturated carbocycles. The number of aliphatic hydroxyl groups is 2. The number of rotatable bonds is 3. The Morgan fingerprint density at radius 2 is 2.36 bits per heavy atom. The highest BCUT2D eigenvalue weighted by Crippen LogP contribution is 2.13. The maximum Gasteiger partial charge on any atom is 0.239 e. The molecule has 0 aromatic carbocycles. The highest BCUT2D eigenvalue weighted by atomic mass is 16.3. The Bertz CT molecular complexity index is 218. The van der Waals surface area contributed by atoms with Crippen molar-refractivity contribution < 1.29 is 15.0 Å². The lowest BCUT2D eigenvalue weighted by Crippen LogP contribution is -2.54. The van der Waals surface area contributed by atoms with E-state index in [1.807, 2.05) is 0 Å². The fourth-order valence-electron chi connectivity index (χ4n) is 1.59. The number of amides is 1. The molecule has 2 unspecified atom stereocenters. The van der Waals surface area contributed by atoms with E-state index in [2.05, 4.69) is 0 Å². The average molecular weight is 202 g/mol. The second kappa shape index (κ2) is 4.25. The minimum Gasteiger partial charge on any atom is -0.393 e. The van der Waals surface area contributed by atoms with Crippen molar-refractivity contribution in [2.75, 3.05) is 19.7 Å². The van der Waals surface area contributed by atoms with Crippen LogP contribution in [0.5, 0.6) is 0 Å². The van der Waals surface area contributed by atoms with Crippen LogP contribution in [0.3, 0.4) is 0 Å². The number of aliphatic hydroxyl groups excluding tert-OH is 1. The Morgan fingerprint density at radius 1 is 1.71 bits per heavy atom. The normalized spacial score (nSPS) is 27.6. The zero-order valence-electron chi connectivity index (χ0n) is 8.44. The Kier molecular flexibility index (Phi) is 3.47. The largest absolute Gasteiger partial charge is 0.393 e. The second-order valence-electron chi connectivity index (χ2n) is 4.16. The molecule has 1 heterocycles. The zero-order valence-corrected chi connectivity index (χ0v) is 8.44. The van der Waals surface area contributed by atoms with Crippen LogP contribution < -0.4 is 5.73 Å². The Hall–Kier alpha value is -0.650. The highest BCUT2D eigenvalue weighted by Gasteiger charge is 2.31. The van der Waals surface area contributed by atoms with Crippen molar-refractivity contribution in [2.24, 2.45) is 5.73 Å². The third kappa shape index (κ3) is 2.67. The quantitative estimate of drug-likeness (QED) is 0.530. The summed E-state index contributed by atoms with van der Waals surface area (Å²) in [7, 11) is 0. The van der Waals surface area contributed by atoms with E-state index >= 15 is 0 Å². The first-order valence-corrected chi connectivity index (χ1v) is 4.84. The smallest absolute Gasteiger partial charge is 0.239 e. The molecule has 0 aliphatic carbocycles. The van der Waals surface area contributed by atoms with Gasteiger partial charge in [-0.2, -0.15) is 0 Å². The number of nitrogens with zero attached hydrogens (tertiary/aromatic N) is 1. The van der Waals surface area contributed by atoms with Crippen molar-refractivity contribution in [3.63, 3.8) is 0 Å². The van der Waals surface area contributed by atoms with Gasteiger partial charge in [0.1, 0.15) is 5.60 Å². The molecule has 0 aromatic rings. The van der Waals surface area contributed by atoms with Gasteiger partial charge in [-0.1, -0.05) is 0 Å². The Balaban J connectivity index is 2.55. The van der Waals surface area contributed by atoms with E-state index < -0.39 is 11.6 Å². The summed E-state index contributed by atoms with van der Waals surface area (Å²) in [5.41, 5.74) is 4.36. The SMILES string of the molecule is CC(O)(CO)CN1CCCC(N)C1=O. The number of likely N-dealkylation sites (tertiary alicyclic amines) is 1. The Labute approximate surface area is 83.5 Å². The summed E-state index contributed by atoms with van der Waals surface area (Å²) in [6, 6.07) is -0.446. The summed E-state index contributed by atoms with van der Waals surface area (Å²) >= 11 is 0. The van der Waals surface area contributed by atoms with Gasteiger partial charge in [-0.15, -0.1) is 0 Å². The Morgan fingerprint density at radius 3 is 2.93 bits per heavy atom. The molecule has 1 saturated heterocycles. The van der Waals surface area contributed by atoms with Crippen LogP contribution in [0.4, 0.5) is 0 Å². The maximum atomic E-state index is 11.5. The van der Waals surface area contributed by atoms with Crippen LogP contribution in [0.15, 0.2) is 0 Å². The van der Waals surface area contributed by atoms with Gasteiger partial charge in [0, 0.05) is 6.54 Å². The number of hydrogen-bond donors (Lipinski definition) is 3. The van der Waals surface area contributed by atoms with Crippen LogP contribution in [-0.2, 0) is 4.79 Å². The van der Waals surface area contributed by atoms with Gasteiger partial charge in [0.05, 0.1) is 19.2 Å². The van der Waals surface area contributed by atoms with Crippen LogP contribution in [0.25, 0.3) is 0 Å². The predicted octanol–water partition coefficient (Wildman–Crippen LogP) is -1.32. The van der Waals surface area contributed by atoms with E-state index in [0.717, 1.165) is 6.42 Å². The molecule has 2 atom stereocenters. The molecule has 5 nitrogen and oxygen atoms in total. The lowest BCUT2D eigenvalue weighted by molar-refractivity contribution is -0.139. The van der Waals surface area contributed by atoms with Crippen molar-refractivity contribution in [1.29, 1.82) is 0 Å². The second-order valence-corrected chi connectivity index (χ2v) is 4.16. The average Bonchev–Trinajstić information content (AvgIpc) is 2.13. The van der Waals surface area contributed by atoms with Crippen LogP contribution in [0, 0.1) is 0 Å². The molecular weight excluding hydrogens is 184 g/mol. The van der Waals surface area contributed by atoms with Crippen LogP contribution >= 0.6 is 0 Å². The number of piperidine rings is 1. The van der Waals surface area contributed by atoms with Gasteiger partial charge >= 0.3 is 0 Å². The number of nitrogens with two attached hydrogens (primary N) is 1. The van der Waals surface area contributed by atoms with Gasteiger partial charge in [-0.05, 0) is 19.8 Å². The number of carbonyl (C=O) groups is 1. The van der Waals surface area contributed by atoms with E-state index in [1.54, 1.807) is 0 Å². The summed E-state index contributed by atoms with van der Waals surface area (Å²) in [6.45, 7) is 1.91. The molecule has 0 spiro atoms. The first-order valence-electron chi connectivity index (χ1n) is 4.84. The van der Waals surface area contributed by atoms with Gasteiger partial charge in [-0.3, -0.25) is 4.79 Å². The van der Waals surface area contributed by atoms with Gasteiger partial charge in [-0.25, -0.2) is 0 Å². The van der Waals surface area contributed by atoms with Gasteiger partial charge in [0.25, 0.3) is 0 Å². The molecule has 1 amide bonds. The summed E-state index contributed by atoms with van der Waals surface area (Å²) in [6.07, 6.45) is 1.56. The number of hydrogen-bond acceptors (Lipinski definition) is 4. The van der Waals surface area contributed by atoms with Crippen LogP contribution in [-0.4, -0.2) is 52.4 Å². The zero-order chi connectivity index (χ0) is 10.8. The molecular formula is C9H18N2O3. The minimum absolute atomic E-state index is 0.134. The van der Waals surface area contributed by atoms with E-state index in [-0.39, 0.29) is 19.1 Å². The van der Waals surface area contributed by atoms with Crippen molar-refractivity contribution >= 4 is 5.91 Å². The van der Waals surface area contributed by atoms with E-state index in [4.69, 9.17) is 10.8 Å². The first kappa shape index (κ1) is 11.4. The van der Waals surface area contributed by atoms with E-state index in [9.17, 15) is 9.90 Å². The number of β-amino-alcohol motifs (C(OH)–C–C–N with tert-alkyl or cyclic N) is 1. The third-order valence-corrected chi connectivity index (χ3v) is 2.44. The lowest BCUT2D eigenvalue weighted by atomic mass is 10.0. The molecule has 0 radical (unpaired) electrons. The lowest BCUT2D eigenvalue weighted by Gasteiger charge is -2.35. The minimum atomic E-state index is -1.23. The van der Waals surface area contributed by atoms with Crippen molar-refractivity contribution in [1.82, 2.24) is 4.90 Å². The summed E-state index contributed by atoms with van der Waals surface area (Å²) in [5, 5.41) is 18.5. The third-order valence-electron chi connectivity index (χ3n) is 2.44. The summed E-state index contributed by atoms with van der Waals surface area (Å²) in [4.78, 5) is 13.0. The van der Waals surface area contributed by atoms with E-state index in [1.165, 1.54) is 11.8 Å². The summed E-state index contributed by atoms with van der Waals surface area (Å²) in [5.74, 6) is -0.134. The standard InChI is InChI=1S/C9H18N2O3/c1-9(14,6-12)5-11-4-2-3-7(10)8(11)13/h7,12,14H,2-6,10H2,1H3. The van der Waals surface area contributed by atoms with Crippen LogP contribution in [0.2, 0.25) is 0 Å². The molecule has 0 aromatic heterocycles. The molecule has 1 fully saturated rings. The maximum absolute atomic E-state index is 11.5. The number of carbonyl (C=O) groups excluding carboxylic acids is 1. The fraction of sp³-hybridized carbons (Fsp3) is 0.889. The highest BCUT2D eigenvalue weighted by molar-refractivity contribution is 5.82. The molecule has 1 aliphatic heterocycles. The van der Waals surface area contributed by atoms with E-state index in [0.29, 0.717) is 13.0 Å². The molecule has 14 heavy (non-hydrogen) atoms. The van der Waals surface area contributed by atoms with Gasteiger partial charge < -0.3 is 20.8 Å². The van der Waals surface area contributed by atoms with Crippen molar-refractivity contribution in [2.45, 2.75) is 31.4 Å². The predicted molar refractivity (Wildman–Crippen MR) is 51.5 cm³/mol. The molecule has 5 heteroatoms. The van der Waals surface area contributed by atoms with Gasteiger partial charge in [0.15, 0.2) is 0 Å². The van der Waals surface area contributed by atoms with Crippen LogP contribution in [0.1, 0.15) is 19.8 Å². The molecule has 0 bridgehead atoms. The fourth-order valence-corrected chi connectivity index (χ4v) is 1.59.